The Kier molecular flexibility index (Phi) is 19.6. The third kappa shape index (κ3) is 15.1. The molecule has 4 atom stereocenters. The van der Waals surface area contributed by atoms with Crippen LogP contribution >= 0.6 is 107 Å². The van der Waals surface area contributed by atoms with Crippen molar-refractivity contribution in [1.29, 1.82) is 0 Å². The van der Waals surface area contributed by atoms with Gasteiger partial charge in [0.05, 0.1) is 30.8 Å². The molecule has 0 radical (unpaired) electrons. The van der Waals surface area contributed by atoms with E-state index in [1.807, 2.05) is 36.4 Å². The third-order valence-corrected chi connectivity index (χ3v) is 20.8. The van der Waals surface area contributed by atoms with Crippen molar-refractivity contribution in [2.24, 2.45) is 0 Å². The molecule has 0 aromatic heterocycles. The first-order chi connectivity index (χ1) is 21.3. The van der Waals surface area contributed by atoms with Crippen LogP contribution in [0.2, 0.25) is 10.0 Å². The molecule has 4 aromatic rings. The minimum Gasteiger partial charge on any atom is -0.465 e. The molecule has 5 nitrogen and oxygen atoms in total. The van der Waals surface area contributed by atoms with Gasteiger partial charge in [0, 0.05) is 41.2 Å². The van der Waals surface area contributed by atoms with Crippen molar-refractivity contribution in [3.63, 3.8) is 0 Å². The zero-order chi connectivity index (χ0) is 33.6. The Labute approximate surface area is 306 Å². The molecule has 1 aliphatic rings. The van der Waals surface area contributed by atoms with Gasteiger partial charge < -0.3 is 9.47 Å². The number of esters is 1. The summed E-state index contributed by atoms with van der Waals surface area (Å²) in [5.41, 5.74) is 3.69. The summed E-state index contributed by atoms with van der Waals surface area (Å²) in [5.74, 6) is 0.225. The molecule has 0 bridgehead atoms. The van der Waals surface area contributed by atoms with Crippen molar-refractivity contribution in [2.75, 3.05) is 20.3 Å². The second-order valence-electron chi connectivity index (χ2n) is 8.88. The van der Waals surface area contributed by atoms with E-state index in [1.54, 1.807) is 12.1 Å². The Balaban J connectivity index is 0.000000227. The topological polar surface area (TPSA) is 69.7 Å². The van der Waals surface area contributed by atoms with E-state index in [1.165, 1.54) is 41.4 Å². The number of methoxy groups -OCH3 is 1. The molecule has 4 unspecified atom stereocenters. The van der Waals surface area contributed by atoms with Gasteiger partial charge in [-0.2, -0.15) is 0 Å². The fourth-order valence-electron chi connectivity index (χ4n) is 3.47. The van der Waals surface area contributed by atoms with E-state index in [-0.39, 0.29) is 11.9 Å². The highest BCUT2D eigenvalue weighted by molar-refractivity contribution is 9.10. The average Bonchev–Trinajstić information content (AvgIpc) is 2.97. The standard InChI is InChI=1S/C14H10BrClO2.C9H9BrO.C6H4Cl2O2S.H7P5/c1-18-14(17)10-5-6-12(13(16)8-10)9-3-2-4-11(15)7-9;10-9-4-2-1-3-8(9)7-5-11-6-7;7-5-1-3-6(4-2-5)11(8,9)10;1-4-5(2)3/h2-8H,1H3;1-4,7H,5-6H2;1-4H;4H,1-3H2. The Morgan fingerprint density at radius 3 is 2.04 bits per heavy atom. The molecule has 0 N–H and O–H groups in total. The van der Waals surface area contributed by atoms with Crippen molar-refractivity contribution < 1.29 is 22.7 Å². The molecule has 0 saturated carbocycles. The normalized spacial score (nSPS) is 12.6. The average molecular weight is 912 g/mol. The number of rotatable bonds is 5. The number of hydrogen-bond acceptors (Lipinski definition) is 5. The maximum absolute atomic E-state index is 11.4. The predicted molar refractivity (Wildman–Crippen MR) is 212 cm³/mol. The first-order valence-corrected chi connectivity index (χ1v) is 25.6. The summed E-state index contributed by atoms with van der Waals surface area (Å²) in [5, 5.41) is 1.00. The van der Waals surface area contributed by atoms with E-state index in [4.69, 9.17) is 38.6 Å². The van der Waals surface area contributed by atoms with E-state index < -0.39 is 15.0 Å². The highest BCUT2D eigenvalue weighted by Gasteiger charge is 2.21. The monoisotopic (exact) mass is 908 g/mol. The van der Waals surface area contributed by atoms with Crippen LogP contribution in [0.1, 0.15) is 21.8 Å². The summed E-state index contributed by atoms with van der Waals surface area (Å²) < 4.78 is 33.3. The number of carbonyl (C=O) groups is 1. The van der Waals surface area contributed by atoms with Crippen molar-refractivity contribution in [3.05, 3.63) is 121 Å². The minimum atomic E-state index is -3.61. The Morgan fingerprint density at radius 1 is 0.956 bits per heavy atom. The number of hydrogen-bond donors (Lipinski definition) is 0. The molecular formula is C29H30Br2Cl3O5P5S. The lowest BCUT2D eigenvalue weighted by Crippen LogP contribution is -2.25. The van der Waals surface area contributed by atoms with Gasteiger partial charge in [0.15, 0.2) is 0 Å². The summed E-state index contributed by atoms with van der Waals surface area (Å²) in [6, 6.07) is 26.9. The molecule has 0 spiro atoms. The molecule has 45 heavy (non-hydrogen) atoms. The summed E-state index contributed by atoms with van der Waals surface area (Å²) in [7, 11) is 12.0. The van der Waals surface area contributed by atoms with Crippen LogP contribution < -0.4 is 0 Å². The molecule has 16 heteroatoms. The highest BCUT2D eigenvalue weighted by Crippen LogP contribution is 2.71. The SMILES string of the molecule is Brc1ccccc1C1COC1.COC(=O)c1ccc(-c2cccc(Br)c2)c(Cl)c1.O=S(=O)(Cl)c1ccc(Cl)cc1.PPP(P)P. The number of halogens is 5. The molecule has 242 valence electrons. The molecule has 1 fully saturated rings. The Morgan fingerprint density at radius 2 is 1.58 bits per heavy atom. The lowest BCUT2D eigenvalue weighted by atomic mass is 9.98. The summed E-state index contributed by atoms with van der Waals surface area (Å²) in [4.78, 5) is 11.4. The van der Waals surface area contributed by atoms with Gasteiger partial charge in [0.2, 0.25) is 0 Å². The van der Waals surface area contributed by atoms with Gasteiger partial charge in [-0.15, -0.1) is 26.8 Å². The van der Waals surface area contributed by atoms with Crippen molar-refractivity contribution in [3.8, 4) is 11.1 Å². The largest absolute Gasteiger partial charge is 0.465 e. The highest BCUT2D eigenvalue weighted by atomic mass is 79.9. The minimum absolute atomic E-state index is 0.0589. The Hall–Kier alpha value is 0.240. The van der Waals surface area contributed by atoms with E-state index in [9.17, 15) is 13.2 Å². The quantitative estimate of drug-likeness (QED) is 0.113. The second kappa shape index (κ2) is 21.4. The van der Waals surface area contributed by atoms with Gasteiger partial charge in [-0.05, 0) is 72.7 Å². The first kappa shape index (κ1) is 41.4. The number of ether oxygens (including phenoxy) is 2. The van der Waals surface area contributed by atoms with Crippen LogP contribution in [0, 0.1) is 0 Å². The fourth-order valence-corrected chi connectivity index (χ4v) is 5.66. The van der Waals surface area contributed by atoms with Crippen LogP contribution in [-0.2, 0) is 18.5 Å². The molecule has 0 aliphatic carbocycles. The van der Waals surface area contributed by atoms with Gasteiger partial charge in [-0.25, -0.2) is 13.2 Å². The lowest BCUT2D eigenvalue weighted by Gasteiger charge is -2.27. The van der Waals surface area contributed by atoms with Crippen molar-refractivity contribution in [2.45, 2.75) is 10.8 Å². The van der Waals surface area contributed by atoms with Crippen LogP contribution in [-0.4, -0.2) is 34.7 Å². The van der Waals surface area contributed by atoms with Crippen molar-refractivity contribution >= 4 is 122 Å². The number of carbonyl (C=O) groups excluding carboxylic acids is 1. The summed E-state index contributed by atoms with van der Waals surface area (Å²) in [6.45, 7) is 1.98. The molecule has 4 aromatic carbocycles. The smallest absolute Gasteiger partial charge is 0.337 e. The zero-order valence-electron chi connectivity index (χ0n) is 23.7. The van der Waals surface area contributed by atoms with Gasteiger partial charge in [0.25, 0.3) is 9.05 Å². The van der Waals surface area contributed by atoms with Crippen LogP contribution in [0.3, 0.4) is 0 Å². The van der Waals surface area contributed by atoms with Crippen LogP contribution in [0.15, 0.2) is 105 Å². The maximum Gasteiger partial charge on any atom is 0.337 e. The van der Waals surface area contributed by atoms with Gasteiger partial charge in [-0.3, -0.25) is 0 Å². The third-order valence-electron chi connectivity index (χ3n) is 5.75. The molecule has 1 aliphatic heterocycles. The van der Waals surface area contributed by atoms with Crippen LogP contribution in [0.25, 0.3) is 11.1 Å². The van der Waals surface area contributed by atoms with Crippen LogP contribution in [0.5, 0.6) is 0 Å². The van der Waals surface area contributed by atoms with Gasteiger partial charge in [-0.1, -0.05) is 99.4 Å². The van der Waals surface area contributed by atoms with Crippen molar-refractivity contribution in [1.82, 2.24) is 0 Å². The van der Waals surface area contributed by atoms with Gasteiger partial charge >= 0.3 is 5.97 Å². The van der Waals surface area contributed by atoms with E-state index in [2.05, 4.69) is 81.6 Å². The summed E-state index contributed by atoms with van der Waals surface area (Å²) >= 11 is 18.6. The zero-order valence-corrected chi connectivity index (χ0v) is 35.3. The molecule has 0 amide bonds. The lowest BCUT2D eigenvalue weighted by molar-refractivity contribution is 0.00814. The van der Waals surface area contributed by atoms with E-state index in [0.29, 0.717) is 21.5 Å². The maximum atomic E-state index is 11.4. The van der Waals surface area contributed by atoms with E-state index >= 15 is 0 Å². The summed E-state index contributed by atoms with van der Waals surface area (Å²) in [6.07, 6.45) is 0. The van der Waals surface area contributed by atoms with E-state index in [0.717, 1.165) is 36.8 Å². The fraction of sp³-hybridized carbons (Fsp3) is 0.138. The second-order valence-corrected chi connectivity index (χ2v) is 28.0. The van der Waals surface area contributed by atoms with Gasteiger partial charge in [0.1, 0.15) is 0 Å². The van der Waals surface area contributed by atoms with Crippen LogP contribution in [0.4, 0.5) is 0 Å². The Bertz CT molecular complexity index is 1650. The number of benzene rings is 4. The molecular weight excluding hydrogens is 881 g/mol. The first-order valence-electron chi connectivity index (χ1n) is 12.7. The molecule has 5 rings (SSSR count). The molecule has 1 saturated heterocycles. The predicted octanol–water partition coefficient (Wildman–Crippen LogP) is 11.8. The molecule has 1 heterocycles.